The quantitative estimate of drug-likeness (QED) is 0.577. The van der Waals surface area contributed by atoms with E-state index in [0.717, 1.165) is 0 Å². The zero-order valence-corrected chi connectivity index (χ0v) is 11.6. The lowest BCUT2D eigenvalue weighted by atomic mass is 10.1. The Kier molecular flexibility index (Phi) is 6.08. The lowest BCUT2D eigenvalue weighted by Crippen LogP contribution is -2.26. The van der Waals surface area contributed by atoms with Crippen LogP contribution >= 0.6 is 0 Å². The monoisotopic (exact) mass is 281 g/mol. The first-order chi connectivity index (χ1) is 9.43. The molecule has 110 valence electrons. The van der Waals surface area contributed by atoms with Crippen LogP contribution in [0.4, 0.5) is 11.4 Å². The molecule has 0 unspecified atom stereocenters. The summed E-state index contributed by atoms with van der Waals surface area (Å²) in [5, 5.41) is 22.1. The lowest BCUT2D eigenvalue weighted by Gasteiger charge is -2.14. The number of aryl methyl sites for hydroxylation is 1. The number of nitrogens with one attached hydrogen (secondary N) is 1. The number of hydrogen-bond acceptors (Lipinski definition) is 5. The summed E-state index contributed by atoms with van der Waals surface area (Å²) in [6, 6.07) is 4.32. The van der Waals surface area contributed by atoms with Gasteiger partial charge in [-0.1, -0.05) is 0 Å². The fourth-order valence-corrected chi connectivity index (χ4v) is 1.69. The average Bonchev–Trinajstić information content (AvgIpc) is 2.39. The molecule has 0 fully saturated rings. The molecule has 0 aliphatic rings. The van der Waals surface area contributed by atoms with Gasteiger partial charge in [-0.2, -0.15) is 0 Å². The van der Waals surface area contributed by atoms with Gasteiger partial charge < -0.3 is 15.3 Å². The number of likely N-dealkylation sites (N-methyl/N-ethyl adjacent to an activating group) is 1. The smallest absolute Gasteiger partial charge is 0.269 e. The van der Waals surface area contributed by atoms with Crippen molar-refractivity contribution in [3.05, 3.63) is 33.9 Å². The summed E-state index contributed by atoms with van der Waals surface area (Å²) in [7, 11) is 1.82. The molecular weight excluding hydrogens is 262 g/mol. The number of aliphatic hydroxyl groups is 1. The van der Waals surface area contributed by atoms with E-state index in [2.05, 4.69) is 5.32 Å². The molecule has 1 aromatic carbocycles. The Labute approximate surface area is 117 Å². The third-order valence-corrected chi connectivity index (χ3v) is 2.90. The van der Waals surface area contributed by atoms with E-state index >= 15 is 0 Å². The highest BCUT2D eigenvalue weighted by Crippen LogP contribution is 2.21. The normalized spacial score (nSPS) is 10.6. The lowest BCUT2D eigenvalue weighted by molar-refractivity contribution is -0.384. The zero-order valence-electron chi connectivity index (χ0n) is 11.6. The molecule has 1 aromatic rings. The van der Waals surface area contributed by atoms with Crippen molar-refractivity contribution in [2.75, 3.05) is 32.1 Å². The van der Waals surface area contributed by atoms with Gasteiger partial charge in [0, 0.05) is 37.3 Å². The molecule has 0 saturated heterocycles. The fourth-order valence-electron chi connectivity index (χ4n) is 1.69. The van der Waals surface area contributed by atoms with E-state index in [1.165, 1.54) is 18.2 Å². The number of aliphatic hydroxyl groups excluding tert-OH is 1. The van der Waals surface area contributed by atoms with Crippen LogP contribution < -0.4 is 5.32 Å². The first-order valence-corrected chi connectivity index (χ1v) is 6.28. The molecule has 0 spiro atoms. The van der Waals surface area contributed by atoms with Crippen LogP contribution in [0.2, 0.25) is 0 Å². The van der Waals surface area contributed by atoms with E-state index in [-0.39, 0.29) is 18.2 Å². The summed E-state index contributed by atoms with van der Waals surface area (Å²) in [4.78, 5) is 23.8. The van der Waals surface area contributed by atoms with Crippen molar-refractivity contribution < 1.29 is 14.8 Å². The predicted molar refractivity (Wildman–Crippen MR) is 75.7 cm³/mol. The van der Waals surface area contributed by atoms with Crippen molar-refractivity contribution in [2.24, 2.45) is 0 Å². The first kappa shape index (κ1) is 16.1. The number of hydrogen-bond donors (Lipinski definition) is 2. The highest BCUT2D eigenvalue weighted by molar-refractivity contribution is 5.91. The van der Waals surface area contributed by atoms with Gasteiger partial charge in [-0.15, -0.1) is 0 Å². The van der Waals surface area contributed by atoms with Gasteiger partial charge in [-0.05, 0) is 25.6 Å². The summed E-state index contributed by atoms with van der Waals surface area (Å²) in [6.45, 7) is 2.82. The molecule has 20 heavy (non-hydrogen) atoms. The molecule has 0 bridgehead atoms. The Bertz CT molecular complexity index is 491. The predicted octanol–water partition coefficient (Wildman–Crippen LogP) is 1.16. The Hall–Kier alpha value is -1.99. The summed E-state index contributed by atoms with van der Waals surface area (Å²) in [5.74, 6) is -0.160. The molecule has 1 rings (SSSR count). The van der Waals surface area contributed by atoms with Crippen LogP contribution in [0.3, 0.4) is 0 Å². The Balaban J connectivity index is 2.56. The molecule has 7 nitrogen and oxygen atoms in total. The first-order valence-electron chi connectivity index (χ1n) is 6.28. The van der Waals surface area contributed by atoms with E-state index in [0.29, 0.717) is 30.8 Å². The molecule has 7 heteroatoms. The van der Waals surface area contributed by atoms with Crippen molar-refractivity contribution in [1.82, 2.24) is 4.90 Å². The molecule has 2 N–H and O–H groups in total. The number of amides is 1. The van der Waals surface area contributed by atoms with Crippen LogP contribution in [0, 0.1) is 17.0 Å². The van der Waals surface area contributed by atoms with E-state index < -0.39 is 4.92 Å². The van der Waals surface area contributed by atoms with Crippen molar-refractivity contribution >= 4 is 17.3 Å². The van der Waals surface area contributed by atoms with Crippen LogP contribution in [-0.4, -0.2) is 47.6 Å². The number of non-ortho nitro benzene ring substituents is 1. The molecule has 1 amide bonds. The number of carbonyl (C=O) groups excluding carboxylic acids is 1. The summed E-state index contributed by atoms with van der Waals surface area (Å²) < 4.78 is 0. The summed E-state index contributed by atoms with van der Waals surface area (Å²) >= 11 is 0. The summed E-state index contributed by atoms with van der Waals surface area (Å²) in [6.07, 6.45) is 0.299. The largest absolute Gasteiger partial charge is 0.395 e. The van der Waals surface area contributed by atoms with Crippen molar-refractivity contribution in [2.45, 2.75) is 13.3 Å². The van der Waals surface area contributed by atoms with Gasteiger partial charge in [0.2, 0.25) is 5.91 Å². The van der Waals surface area contributed by atoms with Gasteiger partial charge >= 0.3 is 0 Å². The van der Waals surface area contributed by atoms with Crippen LogP contribution in [-0.2, 0) is 4.79 Å². The highest BCUT2D eigenvalue weighted by Gasteiger charge is 2.10. The maximum Gasteiger partial charge on any atom is 0.269 e. The third kappa shape index (κ3) is 4.94. The number of nitrogens with zero attached hydrogens (tertiary/aromatic N) is 2. The Morgan fingerprint density at radius 1 is 1.45 bits per heavy atom. The Morgan fingerprint density at radius 2 is 2.15 bits per heavy atom. The van der Waals surface area contributed by atoms with Crippen LogP contribution in [0.25, 0.3) is 0 Å². The number of carbonyl (C=O) groups is 1. The minimum absolute atomic E-state index is 0.00294. The van der Waals surface area contributed by atoms with Crippen molar-refractivity contribution in [1.29, 1.82) is 0 Å². The second-order valence-electron chi connectivity index (χ2n) is 4.58. The van der Waals surface area contributed by atoms with Gasteiger partial charge in [0.05, 0.1) is 11.5 Å². The summed E-state index contributed by atoms with van der Waals surface area (Å²) in [5.41, 5.74) is 1.23. The number of benzene rings is 1. The molecule has 0 aliphatic carbocycles. The third-order valence-electron chi connectivity index (χ3n) is 2.90. The molecule has 0 aromatic heterocycles. The van der Waals surface area contributed by atoms with Gasteiger partial charge in [0.15, 0.2) is 0 Å². The van der Waals surface area contributed by atoms with E-state index in [9.17, 15) is 14.9 Å². The molecule has 0 heterocycles. The minimum Gasteiger partial charge on any atom is -0.395 e. The van der Waals surface area contributed by atoms with Gasteiger partial charge in [-0.3, -0.25) is 14.9 Å². The second-order valence-corrected chi connectivity index (χ2v) is 4.58. The van der Waals surface area contributed by atoms with E-state index in [1.807, 2.05) is 11.9 Å². The SMILES string of the molecule is Cc1cc([N+](=O)[O-])ccc1NC(=O)CCN(C)CCO. The van der Waals surface area contributed by atoms with Gasteiger partial charge in [0.1, 0.15) is 0 Å². The molecule has 0 atom stereocenters. The topological polar surface area (TPSA) is 95.7 Å². The number of nitro groups is 1. The maximum absolute atomic E-state index is 11.8. The fraction of sp³-hybridized carbons (Fsp3) is 0.462. The molecular formula is C13H19N3O4. The molecule has 0 aliphatic heterocycles. The highest BCUT2D eigenvalue weighted by atomic mass is 16.6. The van der Waals surface area contributed by atoms with Crippen molar-refractivity contribution in [3.63, 3.8) is 0 Å². The van der Waals surface area contributed by atoms with E-state index in [1.54, 1.807) is 6.92 Å². The standard InChI is InChI=1S/C13H19N3O4/c1-10-9-11(16(19)20)3-4-12(10)14-13(18)5-6-15(2)7-8-17/h3-4,9,17H,5-8H2,1-2H3,(H,14,18). The van der Waals surface area contributed by atoms with E-state index in [4.69, 9.17) is 5.11 Å². The van der Waals surface area contributed by atoms with Crippen molar-refractivity contribution in [3.8, 4) is 0 Å². The second kappa shape index (κ2) is 7.56. The molecule has 0 saturated carbocycles. The number of rotatable bonds is 7. The Morgan fingerprint density at radius 3 is 2.70 bits per heavy atom. The minimum atomic E-state index is -0.470. The number of anilines is 1. The maximum atomic E-state index is 11.8. The van der Waals surface area contributed by atoms with Gasteiger partial charge in [-0.25, -0.2) is 0 Å². The average molecular weight is 281 g/mol. The van der Waals surface area contributed by atoms with Crippen LogP contribution in [0.15, 0.2) is 18.2 Å². The van der Waals surface area contributed by atoms with Crippen LogP contribution in [0.5, 0.6) is 0 Å². The van der Waals surface area contributed by atoms with Gasteiger partial charge in [0.25, 0.3) is 5.69 Å². The zero-order chi connectivity index (χ0) is 15.1. The number of nitro benzene ring substituents is 1. The molecule has 0 radical (unpaired) electrons. The van der Waals surface area contributed by atoms with Crippen LogP contribution in [0.1, 0.15) is 12.0 Å².